The lowest BCUT2D eigenvalue weighted by molar-refractivity contribution is -0.129. The van der Waals surface area contributed by atoms with Gasteiger partial charge >= 0.3 is 0 Å². The normalized spacial score (nSPS) is 14.0. The monoisotopic (exact) mass is 523 g/mol. The Balaban J connectivity index is 1.53. The molecule has 0 bridgehead atoms. The predicted octanol–water partition coefficient (Wildman–Crippen LogP) is 4.04. The van der Waals surface area contributed by atoms with E-state index in [0.717, 1.165) is 75.2 Å². The fraction of sp³-hybridized carbons (Fsp3) is 0.345. The van der Waals surface area contributed by atoms with Crippen LogP contribution in [0.4, 0.5) is 17.3 Å². The summed E-state index contributed by atoms with van der Waals surface area (Å²) >= 11 is 0. The van der Waals surface area contributed by atoms with Crippen LogP contribution in [0.1, 0.15) is 24.0 Å². The Morgan fingerprint density at radius 2 is 1.72 bits per heavy atom. The molecule has 1 amide bonds. The van der Waals surface area contributed by atoms with Crippen LogP contribution in [0.25, 0.3) is 27.7 Å². The van der Waals surface area contributed by atoms with Gasteiger partial charge in [-0.1, -0.05) is 6.07 Å². The van der Waals surface area contributed by atoms with Crippen molar-refractivity contribution >= 4 is 39.8 Å². The molecule has 1 aromatic carbocycles. The first-order valence-electron chi connectivity index (χ1n) is 13.2. The third-order valence-corrected chi connectivity index (χ3v) is 7.72. The quantitative estimate of drug-likeness (QED) is 0.351. The van der Waals surface area contributed by atoms with Gasteiger partial charge in [0.05, 0.1) is 16.9 Å². The van der Waals surface area contributed by atoms with Crippen molar-refractivity contribution in [2.45, 2.75) is 27.7 Å². The van der Waals surface area contributed by atoms with Gasteiger partial charge in [0.2, 0.25) is 5.91 Å². The van der Waals surface area contributed by atoms with Gasteiger partial charge in [-0.2, -0.15) is 14.7 Å². The molecule has 1 aliphatic rings. The molecule has 0 unspecified atom stereocenters. The average Bonchev–Trinajstić information content (AvgIpc) is 3.41. The number of rotatable bonds is 4. The summed E-state index contributed by atoms with van der Waals surface area (Å²) in [5.41, 5.74) is 7.82. The Kier molecular flexibility index (Phi) is 5.97. The number of aromatic nitrogens is 6. The first-order valence-corrected chi connectivity index (χ1v) is 13.2. The van der Waals surface area contributed by atoms with Crippen LogP contribution in [0.5, 0.6) is 0 Å². The van der Waals surface area contributed by atoms with E-state index in [4.69, 9.17) is 10.1 Å². The maximum absolute atomic E-state index is 11.9. The minimum Gasteiger partial charge on any atom is -0.353 e. The second-order valence-corrected chi connectivity index (χ2v) is 10.3. The van der Waals surface area contributed by atoms with E-state index < -0.39 is 0 Å². The van der Waals surface area contributed by atoms with E-state index in [2.05, 4.69) is 50.2 Å². The SMILES string of the molecule is CC(=O)N1CCN(c2cc(N(C)c3ccnc(C)c3)n3nc(C)c(-c4ccc5c(c4)c(C)nn5C)c3n2)CC1. The largest absolute Gasteiger partial charge is 0.353 e. The van der Waals surface area contributed by atoms with Crippen LogP contribution in [0.2, 0.25) is 0 Å². The number of aryl methyl sites for hydroxylation is 4. The van der Waals surface area contributed by atoms with E-state index in [0.29, 0.717) is 13.1 Å². The third kappa shape index (κ3) is 4.25. The van der Waals surface area contributed by atoms with Gasteiger partial charge < -0.3 is 14.7 Å². The molecule has 5 heterocycles. The zero-order valence-corrected chi connectivity index (χ0v) is 23.3. The highest BCUT2D eigenvalue weighted by Crippen LogP contribution is 2.35. The van der Waals surface area contributed by atoms with Crippen molar-refractivity contribution in [3.8, 4) is 11.1 Å². The summed E-state index contributed by atoms with van der Waals surface area (Å²) in [5, 5.41) is 10.7. The zero-order chi connectivity index (χ0) is 27.4. The molecule has 0 saturated carbocycles. The molecule has 0 spiro atoms. The number of nitrogens with zero attached hydrogens (tertiary/aromatic N) is 9. The van der Waals surface area contributed by atoms with E-state index in [1.165, 1.54) is 0 Å². The van der Waals surface area contributed by atoms with E-state index in [-0.39, 0.29) is 5.91 Å². The van der Waals surface area contributed by atoms with Gasteiger partial charge in [0.15, 0.2) is 5.65 Å². The molecular weight excluding hydrogens is 490 g/mol. The number of amides is 1. The molecule has 10 heteroatoms. The fourth-order valence-corrected chi connectivity index (χ4v) is 5.55. The van der Waals surface area contributed by atoms with Crippen molar-refractivity contribution in [2.75, 3.05) is 43.0 Å². The van der Waals surface area contributed by atoms with E-state index >= 15 is 0 Å². The highest BCUT2D eigenvalue weighted by molar-refractivity contribution is 5.91. The molecule has 6 rings (SSSR count). The molecule has 0 radical (unpaired) electrons. The molecule has 1 saturated heterocycles. The third-order valence-electron chi connectivity index (χ3n) is 7.72. The lowest BCUT2D eigenvalue weighted by Gasteiger charge is -2.35. The van der Waals surface area contributed by atoms with Crippen LogP contribution < -0.4 is 9.80 Å². The summed E-state index contributed by atoms with van der Waals surface area (Å²) in [5.74, 6) is 1.89. The van der Waals surface area contributed by atoms with E-state index in [1.807, 2.05) is 61.2 Å². The van der Waals surface area contributed by atoms with Crippen LogP contribution in [0.3, 0.4) is 0 Å². The molecule has 0 aliphatic carbocycles. The Hall–Kier alpha value is -4.47. The highest BCUT2D eigenvalue weighted by atomic mass is 16.2. The van der Waals surface area contributed by atoms with Crippen LogP contribution in [0.15, 0.2) is 42.6 Å². The zero-order valence-electron chi connectivity index (χ0n) is 23.3. The summed E-state index contributed by atoms with van der Waals surface area (Å²) in [6.45, 7) is 10.5. The lowest BCUT2D eigenvalue weighted by atomic mass is 10.0. The van der Waals surface area contributed by atoms with Crippen molar-refractivity contribution in [3.05, 3.63) is 59.7 Å². The predicted molar refractivity (Wildman–Crippen MR) is 154 cm³/mol. The van der Waals surface area contributed by atoms with Crippen LogP contribution in [-0.4, -0.2) is 73.4 Å². The summed E-state index contributed by atoms with van der Waals surface area (Å²) < 4.78 is 3.86. The summed E-state index contributed by atoms with van der Waals surface area (Å²) in [6, 6.07) is 12.6. The van der Waals surface area contributed by atoms with E-state index in [1.54, 1.807) is 6.92 Å². The van der Waals surface area contributed by atoms with Gasteiger partial charge in [-0.15, -0.1) is 0 Å². The number of anilines is 3. The number of piperazine rings is 1. The summed E-state index contributed by atoms with van der Waals surface area (Å²) in [7, 11) is 4.01. The number of hydrogen-bond acceptors (Lipinski definition) is 7. The van der Waals surface area contributed by atoms with Crippen molar-refractivity contribution in [3.63, 3.8) is 0 Å². The molecule has 4 aromatic heterocycles. The standard InChI is InChI=1S/C29H33N9O/c1-18-15-23(9-10-30-18)34(5)27-17-26(37-13-11-36(12-14-37)21(4)39)31-29-28(20(3)33-38(27)29)22-7-8-25-24(16-22)19(2)32-35(25)6/h7-10,15-17H,11-14H2,1-6H3. The van der Waals surface area contributed by atoms with Gasteiger partial charge in [-0.25, -0.2) is 4.98 Å². The Morgan fingerprint density at radius 1 is 0.949 bits per heavy atom. The number of hydrogen-bond donors (Lipinski definition) is 0. The fourth-order valence-electron chi connectivity index (χ4n) is 5.55. The van der Waals surface area contributed by atoms with Crippen LogP contribution in [0, 0.1) is 20.8 Å². The van der Waals surface area contributed by atoms with Gasteiger partial charge in [0.1, 0.15) is 11.6 Å². The molecule has 1 aliphatic heterocycles. The van der Waals surface area contributed by atoms with Gasteiger partial charge in [-0.3, -0.25) is 14.5 Å². The highest BCUT2D eigenvalue weighted by Gasteiger charge is 2.25. The first-order chi connectivity index (χ1) is 18.7. The molecule has 5 aromatic rings. The second-order valence-electron chi connectivity index (χ2n) is 10.3. The van der Waals surface area contributed by atoms with Crippen LogP contribution in [-0.2, 0) is 11.8 Å². The van der Waals surface area contributed by atoms with Crippen LogP contribution >= 0.6 is 0 Å². The topological polar surface area (TPSA) is 87.7 Å². The van der Waals surface area contributed by atoms with Crippen molar-refractivity contribution in [1.82, 2.24) is 34.3 Å². The number of carbonyl (C=O) groups is 1. The molecule has 1 fully saturated rings. The number of benzene rings is 1. The minimum atomic E-state index is 0.112. The van der Waals surface area contributed by atoms with Gasteiger partial charge in [0, 0.05) is 81.8 Å². The Morgan fingerprint density at radius 3 is 2.44 bits per heavy atom. The molecule has 0 N–H and O–H groups in total. The lowest BCUT2D eigenvalue weighted by Crippen LogP contribution is -2.48. The van der Waals surface area contributed by atoms with E-state index in [9.17, 15) is 4.79 Å². The molecule has 39 heavy (non-hydrogen) atoms. The van der Waals surface area contributed by atoms with Crippen molar-refractivity contribution < 1.29 is 4.79 Å². The smallest absolute Gasteiger partial charge is 0.219 e. The molecule has 200 valence electrons. The molecule has 0 atom stereocenters. The maximum Gasteiger partial charge on any atom is 0.219 e. The minimum absolute atomic E-state index is 0.112. The molecular formula is C29H33N9O. The van der Waals surface area contributed by atoms with Gasteiger partial charge in [-0.05, 0) is 50.6 Å². The van der Waals surface area contributed by atoms with Crippen molar-refractivity contribution in [2.24, 2.45) is 7.05 Å². The maximum atomic E-state index is 11.9. The van der Waals surface area contributed by atoms with Gasteiger partial charge in [0.25, 0.3) is 0 Å². The summed E-state index contributed by atoms with van der Waals surface area (Å²) in [4.78, 5) is 27.8. The second kappa shape index (κ2) is 9.37. The Bertz CT molecular complexity index is 1730. The Labute approximate surface area is 227 Å². The first kappa shape index (κ1) is 24.8. The number of pyridine rings is 1. The van der Waals surface area contributed by atoms with Crippen molar-refractivity contribution in [1.29, 1.82) is 0 Å². The number of carbonyl (C=O) groups excluding carboxylic acids is 1. The average molecular weight is 524 g/mol. The summed E-state index contributed by atoms with van der Waals surface area (Å²) in [6.07, 6.45) is 1.83. The molecule has 10 nitrogen and oxygen atoms in total. The number of fused-ring (bicyclic) bond motifs is 2.